The van der Waals surface area contributed by atoms with Gasteiger partial charge >= 0.3 is 0 Å². The Bertz CT molecular complexity index is 711. The number of nitro groups is 1. The van der Waals surface area contributed by atoms with Crippen LogP contribution < -0.4 is 4.74 Å². The van der Waals surface area contributed by atoms with E-state index in [0.717, 1.165) is 5.56 Å². The van der Waals surface area contributed by atoms with Crippen LogP contribution in [0.3, 0.4) is 0 Å². The number of nitro benzene ring substituents is 1. The highest BCUT2D eigenvalue weighted by Crippen LogP contribution is 2.23. The quantitative estimate of drug-likeness (QED) is 0.436. The van der Waals surface area contributed by atoms with Crippen molar-refractivity contribution in [3.05, 3.63) is 70.0 Å². The van der Waals surface area contributed by atoms with Crippen LogP contribution in [0.4, 0.5) is 10.1 Å². The minimum Gasteiger partial charge on any atom is -0.493 e. The van der Waals surface area contributed by atoms with E-state index >= 15 is 0 Å². The highest BCUT2D eigenvalue weighted by Gasteiger charge is 2.12. The Morgan fingerprint density at radius 3 is 2.61 bits per heavy atom. The molecular formula is C17H15FN2O3. The minimum absolute atomic E-state index is 0.000114. The van der Waals surface area contributed by atoms with Crippen molar-refractivity contribution in [3.8, 4) is 11.8 Å². The Kier molecular flexibility index (Phi) is 5.64. The van der Waals surface area contributed by atoms with Crippen LogP contribution in [-0.4, -0.2) is 11.5 Å². The summed E-state index contributed by atoms with van der Waals surface area (Å²) in [6.07, 6.45) is 1.18. The van der Waals surface area contributed by atoms with Gasteiger partial charge in [-0.05, 0) is 30.5 Å². The molecule has 0 saturated heterocycles. The van der Waals surface area contributed by atoms with Crippen LogP contribution in [0.2, 0.25) is 0 Å². The third-order valence-electron chi connectivity index (χ3n) is 3.36. The van der Waals surface area contributed by atoms with Crippen molar-refractivity contribution < 1.29 is 14.1 Å². The highest BCUT2D eigenvalue weighted by atomic mass is 19.1. The molecule has 0 aliphatic carbocycles. The van der Waals surface area contributed by atoms with Crippen molar-refractivity contribution in [2.24, 2.45) is 0 Å². The van der Waals surface area contributed by atoms with Crippen LogP contribution >= 0.6 is 0 Å². The molecule has 1 unspecified atom stereocenters. The van der Waals surface area contributed by atoms with Crippen LogP contribution in [0.1, 0.15) is 24.3 Å². The molecule has 0 fully saturated rings. The maximum Gasteiger partial charge on any atom is 0.269 e. The van der Waals surface area contributed by atoms with Gasteiger partial charge in [0, 0.05) is 18.2 Å². The summed E-state index contributed by atoms with van der Waals surface area (Å²) in [4.78, 5) is 10.1. The molecule has 5 nitrogen and oxygen atoms in total. The molecule has 0 spiro atoms. The first-order valence-corrected chi connectivity index (χ1v) is 7.12. The molecule has 0 radical (unpaired) electrons. The topological polar surface area (TPSA) is 76.2 Å². The molecular weight excluding hydrogens is 299 g/mol. The second-order valence-corrected chi connectivity index (χ2v) is 4.98. The van der Waals surface area contributed by atoms with Crippen molar-refractivity contribution in [2.45, 2.75) is 18.8 Å². The summed E-state index contributed by atoms with van der Waals surface area (Å²) >= 11 is 0. The van der Waals surface area contributed by atoms with Crippen LogP contribution in [0, 0.1) is 27.3 Å². The summed E-state index contributed by atoms with van der Waals surface area (Å²) in [6, 6.07) is 14.0. The lowest BCUT2D eigenvalue weighted by Gasteiger charge is -2.10. The molecule has 0 heterocycles. The zero-order valence-corrected chi connectivity index (χ0v) is 12.3. The van der Waals surface area contributed by atoms with Crippen LogP contribution in [0.25, 0.3) is 0 Å². The normalized spacial score (nSPS) is 11.5. The molecule has 2 aromatic rings. The highest BCUT2D eigenvalue weighted by molar-refractivity contribution is 5.36. The van der Waals surface area contributed by atoms with Gasteiger partial charge < -0.3 is 4.74 Å². The molecule has 0 aromatic heterocycles. The number of non-ortho nitro benzene ring substituents is 1. The minimum atomic E-state index is -0.474. The fourth-order valence-electron chi connectivity index (χ4n) is 2.17. The third-order valence-corrected chi connectivity index (χ3v) is 3.36. The van der Waals surface area contributed by atoms with E-state index in [-0.39, 0.29) is 17.4 Å². The molecule has 1 atom stereocenters. The van der Waals surface area contributed by atoms with Gasteiger partial charge in [-0.25, -0.2) is 4.39 Å². The summed E-state index contributed by atoms with van der Waals surface area (Å²) < 4.78 is 18.4. The van der Waals surface area contributed by atoms with Gasteiger partial charge in [0.1, 0.15) is 11.6 Å². The zero-order valence-electron chi connectivity index (χ0n) is 12.3. The number of rotatable bonds is 7. The number of nitrogens with zero attached hydrogens (tertiary/aromatic N) is 2. The summed E-state index contributed by atoms with van der Waals surface area (Å²) in [6.45, 7) is 0.370. The molecule has 0 aliphatic rings. The lowest BCUT2D eigenvalue weighted by Crippen LogP contribution is -2.02. The summed E-state index contributed by atoms with van der Waals surface area (Å²) in [5, 5.41) is 19.9. The first-order valence-electron chi connectivity index (χ1n) is 7.12. The van der Waals surface area contributed by atoms with E-state index in [1.165, 1.54) is 24.3 Å². The lowest BCUT2D eigenvalue weighted by atomic mass is 9.96. The monoisotopic (exact) mass is 314 g/mol. The number of hydrogen-bond donors (Lipinski definition) is 0. The van der Waals surface area contributed by atoms with Gasteiger partial charge in [-0.2, -0.15) is 5.26 Å². The molecule has 0 amide bonds. The Morgan fingerprint density at radius 2 is 2.00 bits per heavy atom. The third kappa shape index (κ3) is 4.78. The van der Waals surface area contributed by atoms with Gasteiger partial charge in [-0.1, -0.05) is 18.2 Å². The van der Waals surface area contributed by atoms with Gasteiger partial charge in [0.2, 0.25) is 0 Å². The van der Waals surface area contributed by atoms with Crippen molar-refractivity contribution >= 4 is 5.69 Å². The Hall–Kier alpha value is -2.94. The van der Waals surface area contributed by atoms with E-state index in [1.54, 1.807) is 24.3 Å². The SMILES string of the molecule is N#CC(CCCOc1cccc(F)c1)c1ccc([N+](=O)[O-])cc1. The first kappa shape index (κ1) is 16.4. The van der Waals surface area contributed by atoms with Crippen molar-refractivity contribution in [1.82, 2.24) is 0 Å². The van der Waals surface area contributed by atoms with E-state index in [1.807, 2.05) is 0 Å². The molecule has 118 valence electrons. The first-order chi connectivity index (χ1) is 11.1. The molecule has 0 N–H and O–H groups in total. The number of benzene rings is 2. The molecule has 6 heteroatoms. The van der Waals surface area contributed by atoms with Crippen molar-refractivity contribution in [1.29, 1.82) is 5.26 Å². The zero-order chi connectivity index (χ0) is 16.7. The summed E-state index contributed by atoms with van der Waals surface area (Å²) in [5.41, 5.74) is 0.740. The van der Waals surface area contributed by atoms with E-state index in [2.05, 4.69) is 6.07 Å². The van der Waals surface area contributed by atoms with Crippen molar-refractivity contribution in [3.63, 3.8) is 0 Å². The Labute approximate surface area is 133 Å². The predicted octanol–water partition coefficient (Wildman–Crippen LogP) is 4.20. The molecule has 0 saturated carbocycles. The van der Waals surface area contributed by atoms with E-state index in [9.17, 15) is 19.8 Å². The fraction of sp³-hybridized carbons (Fsp3) is 0.235. The van der Waals surface area contributed by atoms with Crippen LogP contribution in [0.5, 0.6) is 5.75 Å². The maximum atomic E-state index is 13.0. The van der Waals surface area contributed by atoms with Gasteiger partial charge in [-0.15, -0.1) is 0 Å². The maximum absolute atomic E-state index is 13.0. The van der Waals surface area contributed by atoms with E-state index in [0.29, 0.717) is 25.2 Å². The molecule has 0 bridgehead atoms. The second kappa shape index (κ2) is 7.90. The predicted molar refractivity (Wildman–Crippen MR) is 82.6 cm³/mol. The average Bonchev–Trinajstić information content (AvgIpc) is 2.55. The fourth-order valence-corrected chi connectivity index (χ4v) is 2.17. The number of ether oxygens (including phenoxy) is 1. The largest absolute Gasteiger partial charge is 0.493 e. The van der Waals surface area contributed by atoms with Crippen LogP contribution in [-0.2, 0) is 0 Å². The Balaban J connectivity index is 1.85. The standard InChI is InChI=1S/C17H15FN2O3/c18-15-4-1-5-17(11-15)23-10-2-3-14(12-19)13-6-8-16(9-7-13)20(21)22/h1,4-9,11,14H,2-3,10H2. The lowest BCUT2D eigenvalue weighted by molar-refractivity contribution is -0.384. The molecule has 2 rings (SSSR count). The number of hydrogen-bond acceptors (Lipinski definition) is 4. The summed E-state index contributed by atoms with van der Waals surface area (Å²) in [7, 11) is 0. The number of nitriles is 1. The summed E-state index contributed by atoms with van der Waals surface area (Å²) in [5.74, 6) is -0.260. The average molecular weight is 314 g/mol. The van der Waals surface area contributed by atoms with Gasteiger partial charge in [-0.3, -0.25) is 10.1 Å². The van der Waals surface area contributed by atoms with Crippen molar-refractivity contribution in [2.75, 3.05) is 6.61 Å². The smallest absolute Gasteiger partial charge is 0.269 e. The van der Waals surface area contributed by atoms with Gasteiger partial charge in [0.25, 0.3) is 5.69 Å². The number of halogens is 1. The molecule has 2 aromatic carbocycles. The molecule has 23 heavy (non-hydrogen) atoms. The van der Waals surface area contributed by atoms with E-state index < -0.39 is 4.92 Å². The van der Waals surface area contributed by atoms with Gasteiger partial charge in [0.05, 0.1) is 23.5 Å². The Morgan fingerprint density at radius 1 is 1.26 bits per heavy atom. The van der Waals surface area contributed by atoms with Gasteiger partial charge in [0.15, 0.2) is 0 Å². The van der Waals surface area contributed by atoms with Crippen LogP contribution in [0.15, 0.2) is 48.5 Å². The molecule has 0 aliphatic heterocycles. The second-order valence-electron chi connectivity index (χ2n) is 4.98. The van der Waals surface area contributed by atoms with E-state index in [4.69, 9.17) is 4.74 Å².